The average Bonchev–Trinajstić information content (AvgIpc) is 3.06. The van der Waals surface area contributed by atoms with Crippen molar-refractivity contribution >= 4 is 51.2 Å². The molecule has 5 nitrogen and oxygen atoms in total. The number of thiocarbonyl (C=S) groups is 1. The summed E-state index contributed by atoms with van der Waals surface area (Å²) in [7, 11) is 0. The molecule has 0 saturated heterocycles. The van der Waals surface area contributed by atoms with Gasteiger partial charge in [0, 0.05) is 16.1 Å². The molecule has 0 radical (unpaired) electrons. The van der Waals surface area contributed by atoms with Gasteiger partial charge in [-0.2, -0.15) is 0 Å². The number of benzene rings is 3. The Balaban J connectivity index is 1.65. The minimum Gasteiger partial charge on any atom is -0.493 e. The van der Waals surface area contributed by atoms with E-state index in [1.165, 1.54) is 0 Å². The van der Waals surface area contributed by atoms with Gasteiger partial charge in [-0.05, 0) is 60.5 Å². The molecule has 0 unspecified atom stereocenters. The normalized spacial score (nSPS) is 11.3. The molecule has 7 heteroatoms. The lowest BCUT2D eigenvalue weighted by Gasteiger charge is -2.12. The molecule has 0 spiro atoms. The summed E-state index contributed by atoms with van der Waals surface area (Å²) in [4.78, 5) is 0. The van der Waals surface area contributed by atoms with Crippen LogP contribution in [0.3, 0.4) is 0 Å². The molecule has 2 N–H and O–H groups in total. The number of hydrogen-bond donors (Lipinski definition) is 2. The molecule has 0 aliphatic rings. The zero-order valence-electron chi connectivity index (χ0n) is 17.8. The van der Waals surface area contributed by atoms with Crippen LogP contribution in [0.15, 0.2) is 77.0 Å². The van der Waals surface area contributed by atoms with Gasteiger partial charge in [0.1, 0.15) is 0 Å². The Labute approximate surface area is 197 Å². The summed E-state index contributed by atoms with van der Waals surface area (Å²) in [5.74, 6) is 0.0397. The molecule has 0 atom stereocenters. The van der Waals surface area contributed by atoms with E-state index in [1.807, 2.05) is 67.6 Å². The van der Waals surface area contributed by atoms with Crippen LogP contribution in [0.25, 0.3) is 10.9 Å². The van der Waals surface area contributed by atoms with Crippen molar-refractivity contribution in [2.45, 2.75) is 26.8 Å². The largest absolute Gasteiger partial charge is 0.493 e. The maximum Gasteiger partial charge on any atom is 0.221 e. The second-order valence-electron chi connectivity index (χ2n) is 7.49. The Hall–Kier alpha value is -3.22. The Morgan fingerprint density at radius 3 is 2.56 bits per heavy atom. The van der Waals surface area contributed by atoms with Crippen molar-refractivity contribution in [2.24, 2.45) is 10.2 Å². The molecule has 162 valence electrons. The summed E-state index contributed by atoms with van der Waals surface area (Å²) < 4.78 is 1.81. The van der Waals surface area contributed by atoms with Crippen LogP contribution in [0.4, 0.5) is 11.4 Å². The number of nitrogens with zero attached hydrogens (tertiary/aromatic N) is 3. The Bertz CT molecular complexity index is 1310. The molecule has 0 amide bonds. The first-order chi connectivity index (χ1) is 15.5. The van der Waals surface area contributed by atoms with E-state index in [2.05, 4.69) is 28.5 Å². The molecular weight excluding hydrogens is 440 g/mol. The van der Waals surface area contributed by atoms with Gasteiger partial charge in [0.05, 0.1) is 12.1 Å². The average molecular weight is 463 g/mol. The van der Waals surface area contributed by atoms with E-state index in [9.17, 15) is 5.11 Å². The van der Waals surface area contributed by atoms with Crippen molar-refractivity contribution in [3.63, 3.8) is 0 Å². The van der Waals surface area contributed by atoms with Crippen LogP contribution < -0.4 is 5.32 Å². The van der Waals surface area contributed by atoms with Crippen LogP contribution in [0.2, 0.25) is 5.02 Å². The Morgan fingerprint density at radius 2 is 1.81 bits per heavy atom. The number of aryl methyl sites for hydroxylation is 2. The molecule has 3 aromatic carbocycles. The first kappa shape index (κ1) is 22.0. The molecular formula is C25H23ClN4OS. The molecule has 0 saturated carbocycles. The predicted octanol–water partition coefficient (Wildman–Crippen LogP) is 7.40. The summed E-state index contributed by atoms with van der Waals surface area (Å²) in [5, 5.41) is 24.4. The van der Waals surface area contributed by atoms with Crippen molar-refractivity contribution in [1.82, 2.24) is 4.57 Å². The number of azo groups is 1. The standard InChI is InChI=1S/C25H23ClN4OS/c1-3-18-8-6-7-16(2)22(18)27-25(32)29-28-23-20-9-4-5-10-21(20)30(24(23)31)15-17-11-13-19(26)14-12-17/h4-14,31H,3,15H2,1-2H3,(H,27,32). The number of fused-ring (bicyclic) bond motifs is 1. The fourth-order valence-corrected chi connectivity index (χ4v) is 4.00. The summed E-state index contributed by atoms with van der Waals surface area (Å²) >= 11 is 11.4. The molecule has 1 heterocycles. The van der Waals surface area contributed by atoms with Crippen molar-refractivity contribution in [2.75, 3.05) is 5.32 Å². The van der Waals surface area contributed by atoms with E-state index in [4.69, 9.17) is 23.8 Å². The maximum absolute atomic E-state index is 11.0. The first-order valence-electron chi connectivity index (χ1n) is 10.3. The molecule has 4 rings (SSSR count). The number of rotatable bonds is 5. The second kappa shape index (κ2) is 9.51. The predicted molar refractivity (Wildman–Crippen MR) is 135 cm³/mol. The van der Waals surface area contributed by atoms with E-state index in [0.717, 1.165) is 39.7 Å². The van der Waals surface area contributed by atoms with Crippen LogP contribution in [0.1, 0.15) is 23.6 Å². The number of hydrogen-bond acceptors (Lipinski definition) is 3. The Kier molecular flexibility index (Phi) is 6.53. The van der Waals surface area contributed by atoms with Crippen LogP contribution in [-0.4, -0.2) is 14.8 Å². The van der Waals surface area contributed by atoms with Crippen molar-refractivity contribution in [3.05, 3.63) is 88.4 Å². The fraction of sp³-hybridized carbons (Fsp3) is 0.160. The zero-order valence-corrected chi connectivity index (χ0v) is 19.4. The number of para-hydroxylation sites is 2. The van der Waals surface area contributed by atoms with Crippen molar-refractivity contribution in [3.8, 4) is 5.88 Å². The van der Waals surface area contributed by atoms with E-state index >= 15 is 0 Å². The van der Waals surface area contributed by atoms with Gasteiger partial charge in [-0.25, -0.2) is 0 Å². The highest BCUT2D eigenvalue weighted by atomic mass is 35.5. The quantitative estimate of drug-likeness (QED) is 0.240. The van der Waals surface area contributed by atoms with Crippen molar-refractivity contribution in [1.29, 1.82) is 0 Å². The SMILES string of the molecule is CCc1cccc(C)c1NC(=S)N=Nc1c(O)n(Cc2ccc(Cl)cc2)c2ccccc12. The fourth-order valence-electron chi connectivity index (χ4n) is 3.73. The van der Waals surface area contributed by atoms with E-state index < -0.39 is 0 Å². The summed E-state index contributed by atoms with van der Waals surface area (Å²) in [5.41, 5.74) is 5.46. The minimum atomic E-state index is 0.0397. The van der Waals surface area contributed by atoms with Gasteiger partial charge in [0.25, 0.3) is 0 Å². The molecule has 0 aliphatic heterocycles. The number of aromatic nitrogens is 1. The molecule has 4 aromatic rings. The highest BCUT2D eigenvalue weighted by Crippen LogP contribution is 2.39. The van der Waals surface area contributed by atoms with Crippen molar-refractivity contribution < 1.29 is 5.11 Å². The third kappa shape index (κ3) is 4.52. The lowest BCUT2D eigenvalue weighted by molar-refractivity contribution is 0.429. The minimum absolute atomic E-state index is 0.0397. The third-order valence-electron chi connectivity index (χ3n) is 5.38. The maximum atomic E-state index is 11.0. The van der Waals surface area contributed by atoms with Gasteiger partial charge in [0.15, 0.2) is 5.69 Å². The summed E-state index contributed by atoms with van der Waals surface area (Å²) in [6.45, 7) is 4.60. The van der Waals surface area contributed by atoms with Crippen LogP contribution in [0.5, 0.6) is 5.88 Å². The second-order valence-corrected chi connectivity index (χ2v) is 8.32. The highest BCUT2D eigenvalue weighted by molar-refractivity contribution is 7.80. The topological polar surface area (TPSA) is 61.9 Å². The van der Waals surface area contributed by atoms with Gasteiger partial charge < -0.3 is 15.0 Å². The van der Waals surface area contributed by atoms with Gasteiger partial charge in [0.2, 0.25) is 11.0 Å². The lowest BCUT2D eigenvalue weighted by Crippen LogP contribution is -2.08. The first-order valence-corrected chi connectivity index (χ1v) is 11.1. The van der Waals surface area contributed by atoms with E-state index in [1.54, 1.807) is 4.57 Å². The van der Waals surface area contributed by atoms with Gasteiger partial charge in [-0.1, -0.05) is 67.1 Å². The monoisotopic (exact) mass is 462 g/mol. The summed E-state index contributed by atoms with van der Waals surface area (Å²) in [6.07, 6.45) is 0.878. The molecule has 0 aliphatic carbocycles. The number of nitrogens with one attached hydrogen (secondary N) is 1. The number of halogens is 1. The summed E-state index contributed by atoms with van der Waals surface area (Å²) in [6, 6.07) is 21.3. The molecule has 0 fully saturated rings. The van der Waals surface area contributed by atoms with Gasteiger partial charge in [-0.3, -0.25) is 0 Å². The number of anilines is 1. The Morgan fingerprint density at radius 1 is 1.06 bits per heavy atom. The van der Waals surface area contributed by atoms with Gasteiger partial charge in [-0.15, -0.1) is 10.2 Å². The zero-order chi connectivity index (χ0) is 22.7. The van der Waals surface area contributed by atoms with Crippen LogP contribution in [0, 0.1) is 6.92 Å². The van der Waals surface area contributed by atoms with E-state index in [-0.39, 0.29) is 11.0 Å². The smallest absolute Gasteiger partial charge is 0.221 e. The number of aromatic hydroxyl groups is 1. The van der Waals surface area contributed by atoms with Crippen LogP contribution in [-0.2, 0) is 13.0 Å². The van der Waals surface area contributed by atoms with Gasteiger partial charge >= 0.3 is 0 Å². The molecule has 1 aromatic heterocycles. The van der Waals surface area contributed by atoms with Crippen LogP contribution >= 0.6 is 23.8 Å². The van der Waals surface area contributed by atoms with E-state index in [0.29, 0.717) is 17.3 Å². The molecule has 0 bridgehead atoms. The third-order valence-corrected chi connectivity index (χ3v) is 5.82. The highest BCUT2D eigenvalue weighted by Gasteiger charge is 2.17. The lowest BCUT2D eigenvalue weighted by atomic mass is 10.1. The molecule has 32 heavy (non-hydrogen) atoms.